The molecule has 0 aliphatic heterocycles. The third-order valence-corrected chi connectivity index (χ3v) is 3.65. The summed E-state index contributed by atoms with van der Waals surface area (Å²) in [7, 11) is 0. The van der Waals surface area contributed by atoms with Gasteiger partial charge in [0.15, 0.2) is 0 Å². The average molecular weight is 391 g/mol. The van der Waals surface area contributed by atoms with Gasteiger partial charge >= 0.3 is 5.97 Å². The Bertz CT molecular complexity index is 704. The number of esters is 1. The number of benzene rings is 1. The van der Waals surface area contributed by atoms with Crippen molar-refractivity contribution in [1.82, 2.24) is 10.3 Å². The van der Waals surface area contributed by atoms with Gasteiger partial charge in [0.25, 0.3) is 5.91 Å². The Labute approximate surface area is 149 Å². The van der Waals surface area contributed by atoms with Gasteiger partial charge in [0, 0.05) is 16.9 Å². The van der Waals surface area contributed by atoms with Crippen molar-refractivity contribution >= 4 is 27.8 Å². The molecule has 1 aromatic heterocycles. The lowest BCUT2D eigenvalue weighted by Gasteiger charge is -2.19. The van der Waals surface area contributed by atoms with E-state index in [1.54, 1.807) is 26.1 Å². The SMILES string of the molecule is CC(C)OC(=O)CC(NC(=O)c1cncc(Br)c1)c1ccccc1. The van der Waals surface area contributed by atoms with Gasteiger partial charge in [-0.05, 0) is 41.4 Å². The number of carbonyl (C=O) groups is 2. The number of pyridine rings is 1. The number of hydrogen-bond donors (Lipinski definition) is 1. The van der Waals surface area contributed by atoms with Gasteiger partial charge < -0.3 is 10.1 Å². The summed E-state index contributed by atoms with van der Waals surface area (Å²) in [6.07, 6.45) is 2.95. The molecule has 1 aromatic carbocycles. The number of amides is 1. The molecule has 1 unspecified atom stereocenters. The lowest BCUT2D eigenvalue weighted by molar-refractivity contribution is -0.147. The molecule has 0 fully saturated rings. The molecule has 0 saturated heterocycles. The Hall–Kier alpha value is -2.21. The minimum atomic E-state index is -0.469. The van der Waals surface area contributed by atoms with Crippen LogP contribution in [0.3, 0.4) is 0 Å². The van der Waals surface area contributed by atoms with E-state index in [1.807, 2.05) is 30.3 Å². The van der Waals surface area contributed by atoms with Crippen molar-refractivity contribution in [3.8, 4) is 0 Å². The van der Waals surface area contributed by atoms with E-state index in [2.05, 4.69) is 26.2 Å². The van der Waals surface area contributed by atoms with Gasteiger partial charge in [0.1, 0.15) is 0 Å². The quantitative estimate of drug-likeness (QED) is 0.764. The first-order valence-electron chi connectivity index (χ1n) is 7.61. The number of nitrogens with zero attached hydrogens (tertiary/aromatic N) is 1. The third kappa shape index (κ3) is 5.45. The van der Waals surface area contributed by atoms with E-state index in [1.165, 1.54) is 6.20 Å². The van der Waals surface area contributed by atoms with Gasteiger partial charge in [-0.3, -0.25) is 14.6 Å². The summed E-state index contributed by atoms with van der Waals surface area (Å²) in [6.45, 7) is 3.59. The van der Waals surface area contributed by atoms with Crippen molar-refractivity contribution < 1.29 is 14.3 Å². The molecule has 2 aromatic rings. The fourth-order valence-electron chi connectivity index (χ4n) is 2.19. The molecule has 0 saturated carbocycles. The maximum absolute atomic E-state index is 12.5. The molecule has 0 radical (unpaired) electrons. The number of halogens is 1. The summed E-state index contributed by atoms with van der Waals surface area (Å²) >= 11 is 3.29. The van der Waals surface area contributed by atoms with Crippen molar-refractivity contribution in [1.29, 1.82) is 0 Å². The summed E-state index contributed by atoms with van der Waals surface area (Å²) in [5, 5.41) is 2.88. The maximum Gasteiger partial charge on any atom is 0.308 e. The second-order valence-corrected chi connectivity index (χ2v) is 6.49. The topological polar surface area (TPSA) is 68.3 Å². The highest BCUT2D eigenvalue weighted by atomic mass is 79.9. The van der Waals surface area contributed by atoms with E-state index in [0.717, 1.165) is 5.56 Å². The summed E-state index contributed by atoms with van der Waals surface area (Å²) < 4.78 is 5.91. The minimum Gasteiger partial charge on any atom is -0.463 e. The molecule has 0 bridgehead atoms. The standard InChI is InChI=1S/C18H19BrN2O3/c1-12(2)24-17(22)9-16(13-6-4-3-5-7-13)21-18(23)14-8-15(19)11-20-10-14/h3-8,10-12,16H,9H2,1-2H3,(H,21,23). The number of aromatic nitrogens is 1. The third-order valence-electron chi connectivity index (χ3n) is 3.21. The van der Waals surface area contributed by atoms with Crippen molar-refractivity contribution in [2.24, 2.45) is 0 Å². The first-order chi connectivity index (χ1) is 11.5. The zero-order valence-corrected chi connectivity index (χ0v) is 15.1. The van der Waals surface area contributed by atoms with Crippen molar-refractivity contribution in [3.63, 3.8) is 0 Å². The molecule has 1 atom stereocenters. The van der Waals surface area contributed by atoms with Crippen LogP contribution in [0.1, 0.15) is 42.2 Å². The molecule has 1 heterocycles. The molecule has 0 spiro atoms. The molecule has 5 nitrogen and oxygen atoms in total. The second-order valence-electron chi connectivity index (χ2n) is 5.57. The highest BCUT2D eigenvalue weighted by Crippen LogP contribution is 2.19. The number of carbonyl (C=O) groups excluding carboxylic acids is 2. The molecule has 1 amide bonds. The Morgan fingerprint density at radius 3 is 2.54 bits per heavy atom. The van der Waals surface area contributed by atoms with Crippen LogP contribution in [0.15, 0.2) is 53.3 Å². The van der Waals surface area contributed by atoms with Crippen LogP contribution in [-0.4, -0.2) is 23.0 Å². The number of hydrogen-bond acceptors (Lipinski definition) is 4. The van der Waals surface area contributed by atoms with Gasteiger partial charge in [-0.1, -0.05) is 30.3 Å². The number of rotatable bonds is 6. The largest absolute Gasteiger partial charge is 0.463 e. The van der Waals surface area contributed by atoms with Crippen LogP contribution in [0.25, 0.3) is 0 Å². The Kier molecular flexibility index (Phi) is 6.49. The summed E-state index contributed by atoms with van der Waals surface area (Å²) in [6, 6.07) is 10.6. The predicted octanol–water partition coefficient (Wildman–Crippen LogP) is 3.66. The maximum atomic E-state index is 12.5. The van der Waals surface area contributed by atoms with E-state index < -0.39 is 6.04 Å². The number of nitrogens with one attached hydrogen (secondary N) is 1. The van der Waals surface area contributed by atoms with Crippen molar-refractivity contribution in [3.05, 3.63) is 64.4 Å². The summed E-state index contributed by atoms with van der Waals surface area (Å²) in [5.41, 5.74) is 1.26. The van der Waals surface area contributed by atoms with Crippen LogP contribution in [0, 0.1) is 0 Å². The highest BCUT2D eigenvalue weighted by molar-refractivity contribution is 9.10. The monoisotopic (exact) mass is 390 g/mol. The van der Waals surface area contributed by atoms with Crippen LogP contribution < -0.4 is 5.32 Å². The fourth-order valence-corrected chi connectivity index (χ4v) is 2.56. The van der Waals surface area contributed by atoms with E-state index in [-0.39, 0.29) is 24.4 Å². The summed E-state index contributed by atoms with van der Waals surface area (Å²) in [5.74, 6) is -0.651. The first kappa shape index (κ1) is 18.1. The van der Waals surface area contributed by atoms with E-state index >= 15 is 0 Å². The van der Waals surface area contributed by atoms with E-state index in [9.17, 15) is 9.59 Å². The van der Waals surface area contributed by atoms with Gasteiger partial charge in [-0.25, -0.2) is 0 Å². The number of ether oxygens (including phenoxy) is 1. The highest BCUT2D eigenvalue weighted by Gasteiger charge is 2.20. The van der Waals surface area contributed by atoms with Gasteiger partial charge in [0.05, 0.1) is 24.1 Å². The molecule has 0 aliphatic carbocycles. The Morgan fingerprint density at radius 1 is 1.21 bits per heavy atom. The van der Waals surface area contributed by atoms with Crippen molar-refractivity contribution in [2.45, 2.75) is 32.4 Å². The molecule has 0 aliphatic rings. The van der Waals surface area contributed by atoms with Gasteiger partial charge in [0.2, 0.25) is 0 Å². The molecule has 126 valence electrons. The van der Waals surface area contributed by atoms with Crippen LogP contribution in [0.2, 0.25) is 0 Å². The normalized spacial score (nSPS) is 11.8. The van der Waals surface area contributed by atoms with E-state index in [0.29, 0.717) is 10.0 Å². The zero-order chi connectivity index (χ0) is 17.5. The Balaban J connectivity index is 2.16. The average Bonchev–Trinajstić information content (AvgIpc) is 2.54. The molecule has 24 heavy (non-hydrogen) atoms. The van der Waals surface area contributed by atoms with Crippen LogP contribution >= 0.6 is 15.9 Å². The molecular formula is C18H19BrN2O3. The summed E-state index contributed by atoms with van der Waals surface area (Å²) in [4.78, 5) is 28.5. The lowest BCUT2D eigenvalue weighted by atomic mass is 10.0. The molecule has 6 heteroatoms. The predicted molar refractivity (Wildman–Crippen MR) is 94.4 cm³/mol. The fraction of sp³-hybridized carbons (Fsp3) is 0.278. The van der Waals surface area contributed by atoms with Gasteiger partial charge in [-0.15, -0.1) is 0 Å². The molecular weight excluding hydrogens is 372 g/mol. The van der Waals surface area contributed by atoms with Crippen LogP contribution in [0.4, 0.5) is 0 Å². The van der Waals surface area contributed by atoms with Crippen LogP contribution in [-0.2, 0) is 9.53 Å². The molecule has 2 rings (SSSR count). The van der Waals surface area contributed by atoms with Crippen molar-refractivity contribution in [2.75, 3.05) is 0 Å². The lowest BCUT2D eigenvalue weighted by Crippen LogP contribution is -2.31. The van der Waals surface area contributed by atoms with E-state index in [4.69, 9.17) is 4.74 Å². The minimum absolute atomic E-state index is 0.0648. The Morgan fingerprint density at radius 2 is 1.92 bits per heavy atom. The van der Waals surface area contributed by atoms with Crippen LogP contribution in [0.5, 0.6) is 0 Å². The first-order valence-corrected chi connectivity index (χ1v) is 8.41. The zero-order valence-electron chi connectivity index (χ0n) is 13.5. The smallest absolute Gasteiger partial charge is 0.308 e. The second kappa shape index (κ2) is 8.59. The molecule has 1 N–H and O–H groups in total. The van der Waals surface area contributed by atoms with Gasteiger partial charge in [-0.2, -0.15) is 0 Å².